The van der Waals surface area contributed by atoms with Crippen molar-refractivity contribution in [1.82, 2.24) is 0 Å². The highest BCUT2D eigenvalue weighted by atomic mass is 15.2. The van der Waals surface area contributed by atoms with Gasteiger partial charge in [-0.15, -0.1) is 0 Å². The van der Waals surface area contributed by atoms with Crippen molar-refractivity contribution in [2.24, 2.45) is 0 Å². The predicted octanol–water partition coefficient (Wildman–Crippen LogP) is 16.0. The van der Waals surface area contributed by atoms with Crippen molar-refractivity contribution in [3.63, 3.8) is 0 Å². The number of benzene rings is 7. The summed E-state index contributed by atoms with van der Waals surface area (Å²) in [7, 11) is 0. The number of nitrogens with zero attached hydrogens (tertiary/aromatic N) is 2. The van der Waals surface area contributed by atoms with Gasteiger partial charge in [-0.05, 0) is 166 Å². The summed E-state index contributed by atoms with van der Waals surface area (Å²) in [6.45, 7) is 8.98. The van der Waals surface area contributed by atoms with E-state index in [-0.39, 0.29) is 22.8 Å². The maximum atomic E-state index is 2.66. The van der Waals surface area contributed by atoms with Crippen molar-refractivity contribution in [3.05, 3.63) is 243 Å². The van der Waals surface area contributed by atoms with E-state index >= 15 is 0 Å². The third-order valence-electron chi connectivity index (χ3n) is 16.6. The smallest absolute Gasteiger partial charge is 0.0693 e. The fourth-order valence-electron chi connectivity index (χ4n) is 14.2. The lowest BCUT2D eigenvalue weighted by molar-refractivity contribution is 0.506. The maximum absolute atomic E-state index is 2.66. The van der Waals surface area contributed by atoms with Crippen LogP contribution in [0.25, 0.3) is 50.1 Å². The van der Waals surface area contributed by atoms with Crippen LogP contribution in [0.5, 0.6) is 0 Å². The van der Waals surface area contributed by atoms with Gasteiger partial charge in [-0.2, -0.15) is 0 Å². The lowest BCUT2D eigenvalue weighted by Crippen LogP contribution is -2.41. The van der Waals surface area contributed by atoms with E-state index in [1.165, 1.54) is 134 Å². The van der Waals surface area contributed by atoms with Crippen molar-refractivity contribution in [3.8, 4) is 44.5 Å². The molecule has 0 saturated heterocycles. The topological polar surface area (TPSA) is 6.48 Å². The Hall–Kier alpha value is -7.42. The molecular weight excluding hydrogens is 797 g/mol. The molecule has 2 heteroatoms. The monoisotopic (exact) mass is 844 g/mol. The van der Waals surface area contributed by atoms with Crippen molar-refractivity contribution in [2.45, 2.75) is 63.3 Å². The van der Waals surface area contributed by atoms with E-state index in [1.54, 1.807) is 0 Å². The van der Waals surface area contributed by atoms with Crippen LogP contribution in [0.4, 0.5) is 22.7 Å². The number of rotatable bonds is 4. The molecule has 6 aliphatic carbocycles. The van der Waals surface area contributed by atoms with Crippen LogP contribution in [0.1, 0.15) is 77.1 Å². The molecular formula is C64H48N2. The summed E-state index contributed by atoms with van der Waals surface area (Å²) in [6.07, 6.45) is 22.1. The molecule has 15 rings (SSSR count). The zero-order chi connectivity index (χ0) is 43.8. The van der Waals surface area contributed by atoms with Crippen LogP contribution in [0.3, 0.4) is 0 Å². The predicted molar refractivity (Wildman–Crippen MR) is 274 cm³/mol. The minimum Gasteiger partial charge on any atom is -0.333 e. The summed E-state index contributed by atoms with van der Waals surface area (Å²) in [5, 5.41) is 0. The highest BCUT2D eigenvalue weighted by molar-refractivity contribution is 6.18. The second kappa shape index (κ2) is 12.7. The summed E-state index contributed by atoms with van der Waals surface area (Å²) >= 11 is 0. The third kappa shape index (κ3) is 4.43. The molecule has 0 fully saturated rings. The van der Waals surface area contributed by atoms with Crippen LogP contribution in [0, 0.1) is 13.8 Å². The summed E-state index contributed by atoms with van der Waals surface area (Å²) in [5.41, 5.74) is 32.6. The Morgan fingerprint density at radius 3 is 1.97 bits per heavy atom. The first-order valence-corrected chi connectivity index (χ1v) is 23.9. The van der Waals surface area contributed by atoms with Crippen LogP contribution in [-0.2, 0) is 10.8 Å². The number of hydrogen-bond donors (Lipinski definition) is 0. The molecule has 8 aliphatic rings. The van der Waals surface area contributed by atoms with E-state index in [2.05, 4.69) is 220 Å². The standard InChI is InChI=1S/C64H48N2/c1-37-15-21-43(22-16-37)65-49-27-25-45-55-47(31-33-63(61(49)55)35-39(3)19-29-51(63)65)59-54(42-13-9-6-10-14-42)60-48-32-34-64-36-40(4)20-30-52(64)66(44-23-17-38(2)18-24-44)50-28-26-46(56(48)62(50)64)58(60)53(57(45)59)41-11-7-5-8-12-41/h5-33,35,47,51H,34,36H2,1-4H3. The number of anilines is 4. The first kappa shape index (κ1) is 36.9. The molecule has 2 aliphatic heterocycles. The van der Waals surface area contributed by atoms with Crippen LogP contribution < -0.4 is 9.80 Å². The first-order chi connectivity index (χ1) is 32.3. The molecule has 7 aromatic carbocycles. The summed E-state index contributed by atoms with van der Waals surface area (Å²) < 4.78 is 0. The van der Waals surface area contributed by atoms with Crippen molar-refractivity contribution in [2.75, 3.05) is 9.80 Å². The molecule has 7 aromatic rings. The van der Waals surface area contributed by atoms with Gasteiger partial charge in [0.15, 0.2) is 0 Å². The van der Waals surface area contributed by atoms with Gasteiger partial charge in [-0.3, -0.25) is 0 Å². The molecule has 0 amide bonds. The van der Waals surface area contributed by atoms with Crippen LogP contribution in [0.15, 0.2) is 199 Å². The van der Waals surface area contributed by atoms with E-state index in [0.717, 1.165) is 12.8 Å². The average Bonchev–Trinajstić information content (AvgIpc) is 4.03. The Bertz CT molecular complexity index is 3560. The molecule has 0 N–H and O–H groups in total. The lowest BCUT2D eigenvalue weighted by Gasteiger charge is -2.39. The zero-order valence-electron chi connectivity index (χ0n) is 37.8. The van der Waals surface area contributed by atoms with Crippen LogP contribution in [0.2, 0.25) is 0 Å². The van der Waals surface area contributed by atoms with Crippen LogP contribution >= 0.6 is 0 Å². The Kier molecular flexibility index (Phi) is 7.08. The lowest BCUT2D eigenvalue weighted by atomic mass is 9.65. The molecule has 0 saturated carbocycles. The first-order valence-electron chi connectivity index (χ1n) is 23.9. The van der Waals surface area contributed by atoms with E-state index in [0.29, 0.717) is 0 Å². The van der Waals surface area contributed by atoms with Gasteiger partial charge in [-0.1, -0.05) is 162 Å². The second-order valence-corrected chi connectivity index (χ2v) is 20.3. The Balaban J connectivity index is 1.06. The maximum Gasteiger partial charge on any atom is 0.0693 e. The highest BCUT2D eigenvalue weighted by Gasteiger charge is 2.57. The molecule has 314 valence electrons. The van der Waals surface area contributed by atoms with Gasteiger partial charge >= 0.3 is 0 Å². The molecule has 0 radical (unpaired) electrons. The fourth-order valence-corrected chi connectivity index (χ4v) is 14.2. The van der Waals surface area contributed by atoms with Gasteiger partial charge in [0.2, 0.25) is 0 Å². The molecule has 2 nitrogen and oxygen atoms in total. The van der Waals surface area contributed by atoms with Crippen molar-refractivity contribution >= 4 is 28.3 Å². The Morgan fingerprint density at radius 2 is 1.23 bits per heavy atom. The quantitative estimate of drug-likeness (QED) is 0.163. The largest absolute Gasteiger partial charge is 0.333 e. The minimum absolute atomic E-state index is 0.0967. The summed E-state index contributed by atoms with van der Waals surface area (Å²) in [6, 6.07) is 51.2. The van der Waals surface area contributed by atoms with Crippen LogP contribution in [-0.4, -0.2) is 6.04 Å². The Labute approximate surface area is 387 Å². The Morgan fingerprint density at radius 1 is 0.545 bits per heavy atom. The fraction of sp³-hybridized carbons (Fsp3) is 0.156. The zero-order valence-corrected chi connectivity index (χ0v) is 37.8. The normalized spacial score (nSPS) is 23.3. The number of hydrogen-bond acceptors (Lipinski definition) is 2. The molecule has 2 heterocycles. The van der Waals surface area contributed by atoms with E-state index in [9.17, 15) is 0 Å². The molecule has 2 spiro atoms. The average molecular weight is 845 g/mol. The van der Waals surface area contributed by atoms with Gasteiger partial charge in [-0.25, -0.2) is 0 Å². The van der Waals surface area contributed by atoms with E-state index in [4.69, 9.17) is 0 Å². The van der Waals surface area contributed by atoms with Gasteiger partial charge in [0.05, 0.1) is 17.1 Å². The summed E-state index contributed by atoms with van der Waals surface area (Å²) in [5.74, 6) is 0.0967. The summed E-state index contributed by atoms with van der Waals surface area (Å²) in [4.78, 5) is 5.22. The molecule has 4 atom stereocenters. The SMILES string of the molecule is CC1=CC23C=CC4c5c(-c6ccccc6)c6c(c(-c7ccccc7)c5-c5ccc(c2c54)N(c2ccc(C)cc2)C3C=C1)-c1ccc2c3c1C6=CCC31CC(C)=CC=C1N2c1ccc(C)cc1. The molecule has 0 bridgehead atoms. The van der Waals surface area contributed by atoms with E-state index < -0.39 is 0 Å². The van der Waals surface area contributed by atoms with E-state index in [1.807, 2.05) is 0 Å². The minimum atomic E-state index is -0.278. The van der Waals surface area contributed by atoms with Gasteiger partial charge in [0.1, 0.15) is 0 Å². The molecule has 66 heavy (non-hydrogen) atoms. The van der Waals surface area contributed by atoms with Gasteiger partial charge in [0, 0.05) is 34.1 Å². The molecule has 0 aromatic heterocycles. The second-order valence-electron chi connectivity index (χ2n) is 20.3. The molecule has 4 unspecified atom stereocenters. The third-order valence-corrected chi connectivity index (χ3v) is 16.6. The van der Waals surface area contributed by atoms with Crippen molar-refractivity contribution < 1.29 is 0 Å². The number of allylic oxidation sites excluding steroid dienone is 8. The highest BCUT2D eigenvalue weighted by Crippen LogP contribution is 2.71. The van der Waals surface area contributed by atoms with Crippen molar-refractivity contribution in [1.29, 1.82) is 0 Å². The number of fused-ring (bicyclic) bond motifs is 6. The van der Waals surface area contributed by atoms with Gasteiger partial charge < -0.3 is 9.80 Å². The number of aryl methyl sites for hydroxylation is 2. The van der Waals surface area contributed by atoms with Gasteiger partial charge in [0.25, 0.3) is 0 Å².